The number of nitrogen functional groups attached to an aromatic ring is 1. The maximum absolute atomic E-state index is 5.39. The maximum Gasteiger partial charge on any atom is 0.233 e. The average molecular weight is 211 g/mol. The molecule has 0 saturated carbocycles. The number of nitrogens with zero attached hydrogens (tertiary/aromatic N) is 4. The standard InChI is InChI=1S/C6H9N7S/c1-3(4-8-2-9-12-4)10-6-11-5(7)13-14-6/h2-3H,1H3,(H,8,9,12)(H3,7,10,11,13). The largest absolute Gasteiger partial charge is 0.367 e. The molecule has 0 radical (unpaired) electrons. The van der Waals surface area contributed by atoms with E-state index in [1.165, 1.54) is 17.9 Å². The third kappa shape index (κ3) is 1.79. The molecule has 4 N–H and O–H groups in total. The van der Waals surface area contributed by atoms with Crippen molar-refractivity contribution in [2.45, 2.75) is 13.0 Å². The number of hydrogen-bond donors (Lipinski definition) is 3. The van der Waals surface area contributed by atoms with Crippen LogP contribution in [0.4, 0.5) is 11.1 Å². The zero-order valence-electron chi connectivity index (χ0n) is 7.43. The second-order valence-corrected chi connectivity index (χ2v) is 3.45. The average Bonchev–Trinajstić information content (AvgIpc) is 2.75. The number of aromatic amines is 1. The molecule has 2 heterocycles. The lowest BCUT2D eigenvalue weighted by Crippen LogP contribution is -2.08. The Morgan fingerprint density at radius 3 is 3.07 bits per heavy atom. The van der Waals surface area contributed by atoms with Crippen molar-refractivity contribution < 1.29 is 0 Å². The Bertz CT molecular complexity index is 394. The van der Waals surface area contributed by atoms with E-state index in [4.69, 9.17) is 5.73 Å². The molecule has 0 spiro atoms. The molecule has 2 aromatic heterocycles. The van der Waals surface area contributed by atoms with Crippen LogP contribution in [0, 0.1) is 0 Å². The van der Waals surface area contributed by atoms with Crippen LogP contribution in [0.1, 0.15) is 18.8 Å². The van der Waals surface area contributed by atoms with Crippen LogP contribution in [-0.2, 0) is 0 Å². The van der Waals surface area contributed by atoms with E-state index in [9.17, 15) is 0 Å². The third-order valence-electron chi connectivity index (χ3n) is 1.63. The monoisotopic (exact) mass is 211 g/mol. The highest BCUT2D eigenvalue weighted by Gasteiger charge is 2.10. The molecule has 2 rings (SSSR count). The van der Waals surface area contributed by atoms with Gasteiger partial charge in [0, 0.05) is 11.5 Å². The van der Waals surface area contributed by atoms with Gasteiger partial charge in [0.15, 0.2) is 0 Å². The summed E-state index contributed by atoms with van der Waals surface area (Å²) in [6.07, 6.45) is 1.46. The van der Waals surface area contributed by atoms with Crippen LogP contribution in [0.25, 0.3) is 0 Å². The highest BCUT2D eigenvalue weighted by Crippen LogP contribution is 2.18. The predicted molar refractivity (Wildman–Crippen MR) is 52.7 cm³/mol. The van der Waals surface area contributed by atoms with E-state index in [1.54, 1.807) is 0 Å². The van der Waals surface area contributed by atoms with Crippen molar-refractivity contribution in [2.24, 2.45) is 0 Å². The first-order valence-electron chi connectivity index (χ1n) is 3.96. The summed E-state index contributed by atoms with van der Waals surface area (Å²) in [6.45, 7) is 1.94. The molecule has 0 aliphatic rings. The summed E-state index contributed by atoms with van der Waals surface area (Å²) in [5.74, 6) is 1.03. The van der Waals surface area contributed by atoms with Crippen molar-refractivity contribution >= 4 is 22.6 Å². The first-order valence-corrected chi connectivity index (χ1v) is 4.74. The van der Waals surface area contributed by atoms with Gasteiger partial charge in [0.2, 0.25) is 11.1 Å². The molecule has 0 fully saturated rings. The van der Waals surface area contributed by atoms with E-state index in [0.717, 1.165) is 5.82 Å². The van der Waals surface area contributed by atoms with Crippen LogP contribution in [0.5, 0.6) is 0 Å². The van der Waals surface area contributed by atoms with Crippen LogP contribution in [0.15, 0.2) is 6.33 Å². The topological polar surface area (TPSA) is 105 Å². The van der Waals surface area contributed by atoms with Gasteiger partial charge in [0.1, 0.15) is 12.2 Å². The molecule has 74 valence electrons. The quantitative estimate of drug-likeness (QED) is 0.679. The van der Waals surface area contributed by atoms with E-state index >= 15 is 0 Å². The third-order valence-corrected chi connectivity index (χ3v) is 2.29. The van der Waals surface area contributed by atoms with E-state index in [-0.39, 0.29) is 12.0 Å². The minimum absolute atomic E-state index is 0.00449. The fraction of sp³-hybridized carbons (Fsp3) is 0.333. The molecule has 0 aliphatic heterocycles. The zero-order valence-corrected chi connectivity index (χ0v) is 8.25. The van der Waals surface area contributed by atoms with Crippen molar-refractivity contribution in [1.29, 1.82) is 0 Å². The molecular formula is C6H9N7S. The number of nitrogens with one attached hydrogen (secondary N) is 2. The highest BCUT2D eigenvalue weighted by molar-refractivity contribution is 7.09. The molecular weight excluding hydrogens is 202 g/mol. The number of rotatable bonds is 3. The Labute approximate surface area is 83.9 Å². The number of H-pyrrole nitrogens is 1. The van der Waals surface area contributed by atoms with Crippen LogP contribution in [0.3, 0.4) is 0 Å². The van der Waals surface area contributed by atoms with Crippen molar-refractivity contribution in [3.05, 3.63) is 12.2 Å². The lowest BCUT2D eigenvalue weighted by Gasteiger charge is -2.07. The predicted octanol–water partition coefficient (Wildman–Crippen LogP) is 0.411. The lowest BCUT2D eigenvalue weighted by atomic mass is 10.3. The van der Waals surface area contributed by atoms with Gasteiger partial charge in [-0.2, -0.15) is 14.5 Å². The summed E-state index contributed by atoms with van der Waals surface area (Å²) in [7, 11) is 0. The number of nitrogens with two attached hydrogens (primary N) is 1. The van der Waals surface area contributed by atoms with E-state index < -0.39 is 0 Å². The van der Waals surface area contributed by atoms with E-state index in [2.05, 4.69) is 29.9 Å². The van der Waals surface area contributed by atoms with Crippen molar-refractivity contribution in [3.63, 3.8) is 0 Å². The molecule has 2 aromatic rings. The zero-order chi connectivity index (χ0) is 9.97. The molecule has 0 bridgehead atoms. The first-order chi connectivity index (χ1) is 6.75. The van der Waals surface area contributed by atoms with Crippen LogP contribution < -0.4 is 11.1 Å². The van der Waals surface area contributed by atoms with Gasteiger partial charge in [0.25, 0.3) is 0 Å². The molecule has 0 aliphatic carbocycles. The van der Waals surface area contributed by atoms with Gasteiger partial charge in [-0.25, -0.2) is 4.98 Å². The lowest BCUT2D eigenvalue weighted by molar-refractivity contribution is 0.794. The second kappa shape index (κ2) is 3.58. The smallest absolute Gasteiger partial charge is 0.233 e. The number of hydrogen-bond acceptors (Lipinski definition) is 7. The SMILES string of the molecule is CC(Nc1nc(N)ns1)c1ncn[nH]1. The molecule has 8 heteroatoms. The summed E-state index contributed by atoms with van der Waals surface area (Å²) in [5, 5.41) is 10.3. The van der Waals surface area contributed by atoms with Gasteiger partial charge < -0.3 is 11.1 Å². The van der Waals surface area contributed by atoms with Crippen LogP contribution in [-0.4, -0.2) is 24.5 Å². The van der Waals surface area contributed by atoms with Crippen molar-refractivity contribution in [3.8, 4) is 0 Å². The molecule has 7 nitrogen and oxygen atoms in total. The van der Waals surface area contributed by atoms with Crippen LogP contribution >= 0.6 is 11.5 Å². The molecule has 1 unspecified atom stereocenters. The van der Waals surface area contributed by atoms with Gasteiger partial charge in [-0.1, -0.05) is 0 Å². The summed E-state index contributed by atoms with van der Waals surface area (Å²) in [5.41, 5.74) is 5.39. The van der Waals surface area contributed by atoms with Gasteiger partial charge in [-0.3, -0.25) is 5.10 Å². The fourth-order valence-electron chi connectivity index (χ4n) is 0.971. The van der Waals surface area contributed by atoms with Gasteiger partial charge in [-0.05, 0) is 6.92 Å². The fourth-order valence-corrected chi connectivity index (χ4v) is 1.56. The number of anilines is 2. The van der Waals surface area contributed by atoms with E-state index in [1.807, 2.05) is 6.92 Å². The van der Waals surface area contributed by atoms with Gasteiger partial charge in [-0.15, -0.1) is 0 Å². The van der Waals surface area contributed by atoms with Crippen molar-refractivity contribution in [1.82, 2.24) is 24.5 Å². The minimum atomic E-state index is 0.00449. The summed E-state index contributed by atoms with van der Waals surface area (Å²) in [4.78, 5) is 7.99. The maximum atomic E-state index is 5.39. The Morgan fingerprint density at radius 1 is 1.64 bits per heavy atom. The molecule has 0 saturated heterocycles. The summed E-state index contributed by atoms with van der Waals surface area (Å²) >= 11 is 1.22. The first kappa shape index (κ1) is 8.88. The molecule has 14 heavy (non-hydrogen) atoms. The van der Waals surface area contributed by atoms with Crippen molar-refractivity contribution in [2.75, 3.05) is 11.1 Å². The Morgan fingerprint density at radius 2 is 2.50 bits per heavy atom. The van der Waals surface area contributed by atoms with Gasteiger partial charge in [0.05, 0.1) is 6.04 Å². The van der Waals surface area contributed by atoms with Gasteiger partial charge >= 0.3 is 0 Å². The minimum Gasteiger partial charge on any atom is -0.367 e. The summed E-state index contributed by atoms with van der Waals surface area (Å²) in [6, 6.07) is 0.00449. The Kier molecular flexibility index (Phi) is 2.27. The molecule has 1 atom stereocenters. The molecule has 0 amide bonds. The Hall–Kier alpha value is -1.70. The highest BCUT2D eigenvalue weighted by atomic mass is 32.1. The number of aromatic nitrogens is 5. The van der Waals surface area contributed by atoms with E-state index in [0.29, 0.717) is 5.13 Å². The normalized spacial score (nSPS) is 12.6. The molecule has 0 aromatic carbocycles. The summed E-state index contributed by atoms with van der Waals surface area (Å²) < 4.78 is 3.85. The van der Waals surface area contributed by atoms with Crippen LogP contribution in [0.2, 0.25) is 0 Å². The second-order valence-electron chi connectivity index (χ2n) is 2.69. The Balaban J connectivity index is 2.05.